The molecule has 0 saturated carbocycles. The highest BCUT2D eigenvalue weighted by molar-refractivity contribution is 6.10. The first-order chi connectivity index (χ1) is 9.29. The van der Waals surface area contributed by atoms with Crippen LogP contribution in [0.5, 0.6) is 0 Å². The molecule has 1 atom stereocenters. The Morgan fingerprint density at radius 2 is 1.85 bits per heavy atom. The van der Waals surface area contributed by atoms with Crippen LogP contribution in [0, 0.1) is 5.41 Å². The lowest BCUT2D eigenvalue weighted by Gasteiger charge is -2.27. The van der Waals surface area contributed by atoms with Crippen LogP contribution in [0.1, 0.15) is 44.5 Å². The van der Waals surface area contributed by atoms with E-state index in [2.05, 4.69) is 26.1 Å². The molecule has 20 heavy (non-hydrogen) atoms. The number of para-hydroxylation sites is 1. The van der Waals surface area contributed by atoms with E-state index in [1.165, 1.54) is 0 Å². The number of anilines is 1. The molecule has 0 fully saturated rings. The van der Waals surface area contributed by atoms with Crippen molar-refractivity contribution < 1.29 is 9.59 Å². The van der Waals surface area contributed by atoms with Gasteiger partial charge in [-0.3, -0.25) is 9.59 Å². The monoisotopic (exact) mass is 274 g/mol. The van der Waals surface area contributed by atoms with Crippen LogP contribution in [-0.4, -0.2) is 24.4 Å². The number of benzene rings is 1. The molecule has 0 aromatic heterocycles. The average Bonchev–Trinajstić information content (AvgIpc) is 2.45. The molecule has 0 spiro atoms. The van der Waals surface area contributed by atoms with Crippen LogP contribution in [0.2, 0.25) is 0 Å². The number of hydrogen-bond donors (Lipinski definition) is 1. The van der Waals surface area contributed by atoms with Gasteiger partial charge in [-0.2, -0.15) is 0 Å². The van der Waals surface area contributed by atoms with Crippen molar-refractivity contribution in [2.45, 2.75) is 40.2 Å². The van der Waals surface area contributed by atoms with Gasteiger partial charge < -0.3 is 10.2 Å². The van der Waals surface area contributed by atoms with Crippen LogP contribution in [0.3, 0.4) is 0 Å². The summed E-state index contributed by atoms with van der Waals surface area (Å²) in [4.78, 5) is 26.3. The van der Waals surface area contributed by atoms with E-state index >= 15 is 0 Å². The van der Waals surface area contributed by atoms with Crippen molar-refractivity contribution >= 4 is 17.5 Å². The minimum Gasteiger partial charge on any atom is -0.340 e. The van der Waals surface area contributed by atoms with E-state index in [-0.39, 0.29) is 17.2 Å². The third-order valence-electron chi connectivity index (χ3n) is 3.51. The fourth-order valence-electron chi connectivity index (χ4n) is 2.27. The molecule has 2 rings (SSSR count). The fraction of sp³-hybridized carbons (Fsp3) is 0.500. The van der Waals surface area contributed by atoms with E-state index in [0.29, 0.717) is 17.8 Å². The molecule has 0 aliphatic carbocycles. The SMILES string of the molecule is CC1NC(=O)c2ccccc2N(CCC(C)(C)C)C1=O. The third kappa shape index (κ3) is 3.00. The van der Waals surface area contributed by atoms with Crippen LogP contribution in [0.25, 0.3) is 0 Å². The predicted molar refractivity (Wildman–Crippen MR) is 79.8 cm³/mol. The van der Waals surface area contributed by atoms with Gasteiger partial charge in [0.25, 0.3) is 5.91 Å². The Labute approximate surface area is 120 Å². The van der Waals surface area contributed by atoms with E-state index in [1.54, 1.807) is 17.9 Å². The van der Waals surface area contributed by atoms with Gasteiger partial charge in [-0.25, -0.2) is 0 Å². The maximum Gasteiger partial charge on any atom is 0.254 e. The van der Waals surface area contributed by atoms with Crippen molar-refractivity contribution in [1.29, 1.82) is 0 Å². The summed E-state index contributed by atoms with van der Waals surface area (Å²) >= 11 is 0. The van der Waals surface area contributed by atoms with E-state index in [4.69, 9.17) is 0 Å². The highest BCUT2D eigenvalue weighted by Gasteiger charge is 2.31. The Morgan fingerprint density at radius 1 is 1.20 bits per heavy atom. The van der Waals surface area contributed by atoms with Crippen molar-refractivity contribution in [3.8, 4) is 0 Å². The number of carbonyl (C=O) groups excluding carboxylic acids is 2. The summed E-state index contributed by atoms with van der Waals surface area (Å²) in [6.07, 6.45) is 0.883. The summed E-state index contributed by atoms with van der Waals surface area (Å²) in [7, 11) is 0. The van der Waals surface area contributed by atoms with Gasteiger partial charge in [0.2, 0.25) is 5.91 Å². The molecule has 1 N–H and O–H groups in total. The lowest BCUT2D eigenvalue weighted by molar-refractivity contribution is -0.120. The molecular weight excluding hydrogens is 252 g/mol. The smallest absolute Gasteiger partial charge is 0.254 e. The number of fused-ring (bicyclic) bond motifs is 1. The zero-order chi connectivity index (χ0) is 14.9. The zero-order valence-corrected chi connectivity index (χ0v) is 12.6. The minimum atomic E-state index is -0.491. The summed E-state index contributed by atoms with van der Waals surface area (Å²) in [6.45, 7) is 8.80. The number of nitrogens with zero attached hydrogens (tertiary/aromatic N) is 1. The number of hydrogen-bond acceptors (Lipinski definition) is 2. The number of amides is 2. The Hall–Kier alpha value is -1.84. The highest BCUT2D eigenvalue weighted by atomic mass is 16.2. The summed E-state index contributed by atoms with van der Waals surface area (Å²) in [6, 6.07) is 6.79. The van der Waals surface area contributed by atoms with E-state index in [1.807, 2.05) is 18.2 Å². The predicted octanol–water partition coefficient (Wildman–Crippen LogP) is 2.59. The standard InChI is InChI=1S/C16H22N2O2/c1-11-15(20)18(10-9-16(2,3)4)13-8-6-5-7-12(13)14(19)17-11/h5-8,11H,9-10H2,1-4H3,(H,17,19). The molecule has 1 aliphatic heterocycles. The largest absolute Gasteiger partial charge is 0.340 e. The first kappa shape index (κ1) is 14.6. The van der Waals surface area contributed by atoms with Gasteiger partial charge in [-0.15, -0.1) is 0 Å². The average molecular weight is 274 g/mol. The third-order valence-corrected chi connectivity index (χ3v) is 3.51. The fourth-order valence-corrected chi connectivity index (χ4v) is 2.27. The first-order valence-corrected chi connectivity index (χ1v) is 7.01. The highest BCUT2D eigenvalue weighted by Crippen LogP contribution is 2.27. The van der Waals surface area contributed by atoms with Crippen LogP contribution in [0.4, 0.5) is 5.69 Å². The van der Waals surface area contributed by atoms with Crippen molar-refractivity contribution in [3.63, 3.8) is 0 Å². The summed E-state index contributed by atoms with van der Waals surface area (Å²) in [5.74, 6) is -0.229. The van der Waals surface area contributed by atoms with Gasteiger partial charge in [0.05, 0.1) is 11.3 Å². The quantitative estimate of drug-likeness (QED) is 0.901. The van der Waals surface area contributed by atoms with Crippen LogP contribution < -0.4 is 10.2 Å². The van der Waals surface area contributed by atoms with Crippen molar-refractivity contribution in [1.82, 2.24) is 5.32 Å². The van der Waals surface area contributed by atoms with Crippen molar-refractivity contribution in [2.75, 3.05) is 11.4 Å². The Bertz CT molecular complexity index is 532. The second kappa shape index (κ2) is 5.27. The minimum absolute atomic E-state index is 0.0486. The van der Waals surface area contributed by atoms with E-state index < -0.39 is 6.04 Å². The van der Waals surface area contributed by atoms with Crippen LogP contribution >= 0.6 is 0 Å². The van der Waals surface area contributed by atoms with E-state index in [0.717, 1.165) is 6.42 Å². The maximum atomic E-state index is 12.5. The van der Waals surface area contributed by atoms with Crippen molar-refractivity contribution in [2.24, 2.45) is 5.41 Å². The Morgan fingerprint density at radius 3 is 2.50 bits per heavy atom. The van der Waals surface area contributed by atoms with Gasteiger partial charge >= 0.3 is 0 Å². The zero-order valence-electron chi connectivity index (χ0n) is 12.6. The second-order valence-electron chi connectivity index (χ2n) is 6.51. The summed E-state index contributed by atoms with van der Waals surface area (Å²) < 4.78 is 0. The molecule has 0 saturated heterocycles. The maximum absolute atomic E-state index is 12.5. The number of nitrogens with one attached hydrogen (secondary N) is 1. The molecule has 1 aliphatic rings. The molecule has 0 bridgehead atoms. The Balaban J connectivity index is 2.38. The molecule has 4 nitrogen and oxygen atoms in total. The first-order valence-electron chi connectivity index (χ1n) is 7.01. The van der Waals surface area contributed by atoms with Gasteiger partial charge in [0, 0.05) is 6.54 Å². The van der Waals surface area contributed by atoms with Crippen LogP contribution in [0.15, 0.2) is 24.3 Å². The molecule has 1 heterocycles. The molecule has 0 radical (unpaired) electrons. The molecule has 2 amide bonds. The topological polar surface area (TPSA) is 49.4 Å². The van der Waals surface area contributed by atoms with Crippen LogP contribution in [-0.2, 0) is 4.79 Å². The summed E-state index contributed by atoms with van der Waals surface area (Å²) in [5.41, 5.74) is 1.42. The van der Waals surface area contributed by atoms with Gasteiger partial charge in [0.1, 0.15) is 6.04 Å². The number of carbonyl (C=O) groups is 2. The lowest BCUT2D eigenvalue weighted by atomic mass is 9.92. The van der Waals surface area contributed by atoms with E-state index in [9.17, 15) is 9.59 Å². The number of rotatable bonds is 2. The molecule has 4 heteroatoms. The molecule has 1 aromatic rings. The molecular formula is C16H22N2O2. The molecule has 1 aromatic carbocycles. The van der Waals surface area contributed by atoms with Gasteiger partial charge in [-0.1, -0.05) is 32.9 Å². The van der Waals surface area contributed by atoms with Gasteiger partial charge in [-0.05, 0) is 30.9 Å². The normalized spacial score (nSPS) is 19.4. The molecule has 1 unspecified atom stereocenters. The Kier molecular flexibility index (Phi) is 3.84. The van der Waals surface area contributed by atoms with Gasteiger partial charge in [0.15, 0.2) is 0 Å². The van der Waals surface area contributed by atoms with Crippen molar-refractivity contribution in [3.05, 3.63) is 29.8 Å². The molecule has 108 valence electrons. The second-order valence-corrected chi connectivity index (χ2v) is 6.51. The summed E-state index contributed by atoms with van der Waals surface area (Å²) in [5, 5.41) is 2.74. The lowest BCUT2D eigenvalue weighted by Crippen LogP contribution is -2.44.